The first-order valence-corrected chi connectivity index (χ1v) is 6.55. The van der Waals surface area contributed by atoms with Gasteiger partial charge in [0.15, 0.2) is 5.58 Å². The molecule has 0 aliphatic heterocycles. The molecule has 1 aromatic heterocycles. The minimum atomic E-state index is -0.478. The van der Waals surface area contributed by atoms with Crippen LogP contribution in [0.1, 0.15) is 0 Å². The number of halogens is 2. The van der Waals surface area contributed by atoms with Gasteiger partial charge in [-0.15, -0.1) is 0 Å². The second kappa shape index (κ2) is 5.23. The lowest BCUT2D eigenvalue weighted by atomic mass is 10.3. The second-order valence-electron chi connectivity index (χ2n) is 4.19. The summed E-state index contributed by atoms with van der Waals surface area (Å²) in [6, 6.07) is 9.34. The van der Waals surface area contributed by atoms with Crippen LogP contribution in [-0.2, 0) is 0 Å². The molecule has 3 aromatic rings. The first-order valence-electron chi connectivity index (χ1n) is 5.80. The Morgan fingerprint density at radius 1 is 1.24 bits per heavy atom. The van der Waals surface area contributed by atoms with Gasteiger partial charge in [0.1, 0.15) is 5.52 Å². The van der Waals surface area contributed by atoms with Crippen LogP contribution in [0.4, 0.5) is 17.4 Å². The highest BCUT2D eigenvalue weighted by Crippen LogP contribution is 2.31. The first-order chi connectivity index (χ1) is 10.0. The van der Waals surface area contributed by atoms with Gasteiger partial charge in [-0.3, -0.25) is 10.1 Å². The van der Waals surface area contributed by atoms with Crippen LogP contribution in [-0.4, -0.2) is 9.91 Å². The number of non-ortho nitro benzene ring substituents is 1. The lowest BCUT2D eigenvalue weighted by molar-refractivity contribution is -0.384. The van der Waals surface area contributed by atoms with E-state index in [0.717, 1.165) is 0 Å². The maximum atomic E-state index is 10.7. The Morgan fingerprint density at radius 2 is 2.05 bits per heavy atom. The number of anilines is 2. The second-order valence-corrected chi connectivity index (χ2v) is 5.03. The Bertz CT molecular complexity index is 848. The Hall–Kier alpha value is -2.31. The summed E-state index contributed by atoms with van der Waals surface area (Å²) in [5.74, 6) is 0. The van der Waals surface area contributed by atoms with Crippen LogP contribution < -0.4 is 5.32 Å². The van der Waals surface area contributed by atoms with E-state index in [1.165, 1.54) is 12.1 Å². The molecule has 0 aliphatic rings. The van der Waals surface area contributed by atoms with E-state index in [2.05, 4.69) is 10.3 Å². The summed E-state index contributed by atoms with van der Waals surface area (Å²) in [6.45, 7) is 0. The highest BCUT2D eigenvalue weighted by Gasteiger charge is 2.12. The van der Waals surface area contributed by atoms with E-state index in [1.807, 2.05) is 0 Å². The zero-order chi connectivity index (χ0) is 15.0. The number of oxazole rings is 1. The number of nitrogens with one attached hydrogen (secondary N) is 1. The minimum absolute atomic E-state index is 0.0304. The zero-order valence-corrected chi connectivity index (χ0v) is 11.9. The summed E-state index contributed by atoms with van der Waals surface area (Å²) in [5, 5.41) is 14.4. The average molecular weight is 324 g/mol. The fourth-order valence-electron chi connectivity index (χ4n) is 1.83. The quantitative estimate of drug-likeness (QED) is 0.553. The summed E-state index contributed by atoms with van der Waals surface area (Å²) in [5.41, 5.74) is 1.35. The normalized spacial score (nSPS) is 10.8. The summed E-state index contributed by atoms with van der Waals surface area (Å²) in [7, 11) is 0. The van der Waals surface area contributed by atoms with Crippen molar-refractivity contribution in [2.75, 3.05) is 5.32 Å². The molecule has 6 nitrogen and oxygen atoms in total. The van der Waals surface area contributed by atoms with Crippen molar-refractivity contribution in [1.29, 1.82) is 0 Å². The zero-order valence-electron chi connectivity index (χ0n) is 10.3. The van der Waals surface area contributed by atoms with Gasteiger partial charge in [-0.25, -0.2) is 0 Å². The van der Waals surface area contributed by atoms with Gasteiger partial charge in [-0.2, -0.15) is 4.98 Å². The standard InChI is InChI=1S/C13H7Cl2N3O3/c14-7-4-10(15)12-11(5-7)17-13(21-12)16-8-2-1-3-9(6-8)18(19)20/h1-6H,(H,16,17). The number of fused-ring (bicyclic) bond motifs is 1. The maximum Gasteiger partial charge on any atom is 0.300 e. The first kappa shape index (κ1) is 13.7. The van der Waals surface area contributed by atoms with Crippen molar-refractivity contribution in [3.63, 3.8) is 0 Å². The van der Waals surface area contributed by atoms with Crippen LogP contribution in [0, 0.1) is 10.1 Å². The molecule has 0 fully saturated rings. The van der Waals surface area contributed by atoms with Gasteiger partial charge >= 0.3 is 0 Å². The van der Waals surface area contributed by atoms with E-state index < -0.39 is 4.92 Å². The van der Waals surface area contributed by atoms with Crippen LogP contribution in [0.25, 0.3) is 11.1 Å². The third-order valence-electron chi connectivity index (χ3n) is 2.72. The van der Waals surface area contributed by atoms with Crippen LogP contribution >= 0.6 is 23.2 Å². The van der Waals surface area contributed by atoms with E-state index in [-0.39, 0.29) is 11.7 Å². The van der Waals surface area contributed by atoms with Crippen molar-refractivity contribution in [2.45, 2.75) is 0 Å². The van der Waals surface area contributed by atoms with Crippen molar-refractivity contribution in [3.8, 4) is 0 Å². The SMILES string of the molecule is O=[N+]([O-])c1cccc(Nc2nc3cc(Cl)cc(Cl)c3o2)c1. The van der Waals surface area contributed by atoms with Gasteiger partial charge in [-0.05, 0) is 18.2 Å². The fraction of sp³-hybridized carbons (Fsp3) is 0. The molecular formula is C13H7Cl2N3O3. The number of benzene rings is 2. The largest absolute Gasteiger partial charge is 0.422 e. The number of hydrogen-bond donors (Lipinski definition) is 1. The third-order valence-corrected chi connectivity index (χ3v) is 3.22. The predicted octanol–water partition coefficient (Wildman–Crippen LogP) is 4.79. The lowest BCUT2D eigenvalue weighted by Gasteiger charge is -2.00. The number of nitro benzene ring substituents is 1. The summed E-state index contributed by atoms with van der Waals surface area (Å²) in [6.07, 6.45) is 0. The molecule has 0 atom stereocenters. The van der Waals surface area contributed by atoms with E-state index in [4.69, 9.17) is 27.6 Å². The predicted molar refractivity (Wildman–Crippen MR) is 80.4 cm³/mol. The Kier molecular flexibility index (Phi) is 3.40. The maximum absolute atomic E-state index is 10.7. The van der Waals surface area contributed by atoms with Crippen molar-refractivity contribution in [2.24, 2.45) is 0 Å². The molecule has 0 aliphatic carbocycles. The fourth-order valence-corrected chi connectivity index (χ4v) is 2.36. The van der Waals surface area contributed by atoms with Gasteiger partial charge < -0.3 is 9.73 Å². The van der Waals surface area contributed by atoms with Gasteiger partial charge in [0.05, 0.1) is 9.95 Å². The van der Waals surface area contributed by atoms with Crippen LogP contribution in [0.3, 0.4) is 0 Å². The molecule has 106 valence electrons. The van der Waals surface area contributed by atoms with Gasteiger partial charge in [0.25, 0.3) is 11.7 Å². The van der Waals surface area contributed by atoms with Gasteiger partial charge in [0.2, 0.25) is 0 Å². The average Bonchev–Trinajstić information content (AvgIpc) is 2.81. The summed E-state index contributed by atoms with van der Waals surface area (Å²) in [4.78, 5) is 14.4. The molecule has 8 heteroatoms. The van der Waals surface area contributed by atoms with Gasteiger partial charge in [0, 0.05) is 22.8 Å². The molecule has 21 heavy (non-hydrogen) atoms. The van der Waals surface area contributed by atoms with Crippen LogP contribution in [0.2, 0.25) is 10.0 Å². The number of hydrogen-bond acceptors (Lipinski definition) is 5. The van der Waals surface area contributed by atoms with E-state index in [1.54, 1.807) is 24.3 Å². The molecule has 0 spiro atoms. The number of aromatic nitrogens is 1. The van der Waals surface area contributed by atoms with Gasteiger partial charge in [-0.1, -0.05) is 29.3 Å². The monoisotopic (exact) mass is 323 g/mol. The molecular weight excluding hydrogens is 317 g/mol. The van der Waals surface area contributed by atoms with Crippen molar-refractivity contribution in [3.05, 3.63) is 56.6 Å². The molecule has 0 amide bonds. The molecule has 3 rings (SSSR count). The Morgan fingerprint density at radius 3 is 2.81 bits per heavy atom. The minimum Gasteiger partial charge on any atom is -0.422 e. The molecule has 0 bridgehead atoms. The number of nitro groups is 1. The number of rotatable bonds is 3. The van der Waals surface area contributed by atoms with Crippen LogP contribution in [0.15, 0.2) is 40.8 Å². The molecule has 2 aromatic carbocycles. The lowest BCUT2D eigenvalue weighted by Crippen LogP contribution is -1.92. The van der Waals surface area contributed by atoms with E-state index >= 15 is 0 Å². The Balaban J connectivity index is 1.96. The molecule has 0 saturated carbocycles. The molecule has 1 N–H and O–H groups in total. The van der Waals surface area contributed by atoms with E-state index in [0.29, 0.717) is 26.8 Å². The topological polar surface area (TPSA) is 81.2 Å². The molecule has 1 heterocycles. The molecule has 0 radical (unpaired) electrons. The third kappa shape index (κ3) is 2.76. The summed E-state index contributed by atoms with van der Waals surface area (Å²) < 4.78 is 5.48. The smallest absolute Gasteiger partial charge is 0.300 e. The van der Waals surface area contributed by atoms with Crippen LogP contribution in [0.5, 0.6) is 0 Å². The number of nitrogens with zero attached hydrogens (tertiary/aromatic N) is 2. The highest BCUT2D eigenvalue weighted by atomic mass is 35.5. The van der Waals surface area contributed by atoms with Crippen molar-refractivity contribution >= 4 is 51.7 Å². The summed E-state index contributed by atoms with van der Waals surface area (Å²) >= 11 is 11.9. The molecule has 0 saturated heterocycles. The molecule has 0 unspecified atom stereocenters. The van der Waals surface area contributed by atoms with E-state index in [9.17, 15) is 10.1 Å². The highest BCUT2D eigenvalue weighted by molar-refractivity contribution is 6.38. The van der Waals surface area contributed by atoms with Crippen molar-refractivity contribution < 1.29 is 9.34 Å². The Labute approximate surface area is 128 Å². The van der Waals surface area contributed by atoms with Crippen molar-refractivity contribution in [1.82, 2.24) is 4.98 Å².